The molecule has 0 radical (unpaired) electrons. The molecule has 3 aromatic rings. The molecule has 0 bridgehead atoms. The molecule has 2 atom stereocenters. The Bertz CT molecular complexity index is 1560. The minimum absolute atomic E-state index is 0.0300. The lowest BCUT2D eigenvalue weighted by atomic mass is 9.83. The average molecular weight is 588 g/mol. The van der Waals surface area contributed by atoms with Crippen molar-refractivity contribution in [1.29, 1.82) is 0 Å². The molecule has 2 aromatic heterocycles. The molecule has 1 unspecified atom stereocenters. The number of rotatable bonds is 5. The molecule has 1 fully saturated rings. The molecule has 2 aliphatic rings. The quantitative estimate of drug-likeness (QED) is 0.389. The Morgan fingerprint density at radius 2 is 1.86 bits per heavy atom. The lowest BCUT2D eigenvalue weighted by molar-refractivity contribution is -0.137. The molecule has 0 aliphatic carbocycles. The van der Waals surface area contributed by atoms with Gasteiger partial charge in [0.15, 0.2) is 0 Å². The van der Waals surface area contributed by atoms with Crippen molar-refractivity contribution in [2.24, 2.45) is 11.1 Å². The summed E-state index contributed by atoms with van der Waals surface area (Å²) < 4.78 is 68.4. The number of ether oxygens (including phenoxy) is 2. The van der Waals surface area contributed by atoms with E-state index in [0.717, 1.165) is 12.1 Å². The maximum atomic E-state index is 15.0. The fraction of sp³-hybridized carbons (Fsp3) is 0.379. The molecule has 9 nitrogen and oxygen atoms in total. The lowest BCUT2D eigenvalue weighted by Gasteiger charge is -2.39. The number of methoxy groups -OCH3 is 1. The number of anilines is 2. The van der Waals surface area contributed by atoms with Gasteiger partial charge < -0.3 is 20.1 Å². The second-order valence-electron chi connectivity index (χ2n) is 11.2. The molecule has 0 saturated carbocycles. The van der Waals surface area contributed by atoms with Crippen molar-refractivity contribution in [2.75, 3.05) is 23.5 Å². The van der Waals surface area contributed by atoms with Crippen LogP contribution in [0.1, 0.15) is 48.7 Å². The zero-order valence-corrected chi connectivity index (χ0v) is 23.3. The van der Waals surface area contributed by atoms with Gasteiger partial charge in [-0.2, -0.15) is 13.2 Å². The van der Waals surface area contributed by atoms with E-state index in [1.54, 1.807) is 6.07 Å². The van der Waals surface area contributed by atoms with Gasteiger partial charge in [-0.05, 0) is 35.7 Å². The predicted molar refractivity (Wildman–Crippen MR) is 146 cm³/mol. The number of carbonyl (C=O) groups is 2. The van der Waals surface area contributed by atoms with Gasteiger partial charge >= 0.3 is 12.3 Å². The van der Waals surface area contributed by atoms with Crippen LogP contribution in [0.15, 0.2) is 42.6 Å². The summed E-state index contributed by atoms with van der Waals surface area (Å²) in [5.74, 6) is -1.34. The number of hydrogen-bond donors (Lipinski definition) is 1. The average Bonchev–Trinajstić information content (AvgIpc) is 3.48. The van der Waals surface area contributed by atoms with Crippen molar-refractivity contribution < 1.29 is 36.6 Å². The maximum Gasteiger partial charge on any atom is 0.419 e. The number of carbonyl (C=O) groups excluding carboxylic acids is 2. The highest BCUT2D eigenvalue weighted by atomic mass is 19.4. The van der Waals surface area contributed by atoms with Crippen LogP contribution in [0, 0.1) is 11.2 Å². The molecule has 222 valence electrons. The van der Waals surface area contributed by atoms with Crippen LogP contribution in [0.2, 0.25) is 0 Å². The Kier molecular flexibility index (Phi) is 7.23. The SMILES string of the molecule is COc1cccc(F)c1-c1nccc2c1CN(c1ccc(C(F)(F)F)c(N3CC[C@@H](OC(N)=O)C3C(C)(C)C)n1)C2=O. The summed E-state index contributed by atoms with van der Waals surface area (Å²) in [6.45, 7) is 5.45. The summed E-state index contributed by atoms with van der Waals surface area (Å²) in [6.07, 6.45) is -4.95. The number of nitrogens with two attached hydrogens (primary N) is 1. The third-order valence-electron chi connectivity index (χ3n) is 7.49. The zero-order chi connectivity index (χ0) is 30.6. The summed E-state index contributed by atoms with van der Waals surface area (Å²) in [5.41, 5.74) is 4.47. The van der Waals surface area contributed by atoms with E-state index in [2.05, 4.69) is 9.97 Å². The largest absolute Gasteiger partial charge is 0.496 e. The minimum Gasteiger partial charge on any atom is -0.496 e. The van der Waals surface area contributed by atoms with E-state index < -0.39 is 52.9 Å². The van der Waals surface area contributed by atoms with E-state index in [-0.39, 0.29) is 47.9 Å². The second kappa shape index (κ2) is 10.4. The normalized spacial score (nSPS) is 18.8. The first-order chi connectivity index (χ1) is 19.7. The Morgan fingerprint density at radius 3 is 2.50 bits per heavy atom. The van der Waals surface area contributed by atoms with Crippen LogP contribution >= 0.6 is 0 Å². The molecule has 2 N–H and O–H groups in total. The van der Waals surface area contributed by atoms with Crippen molar-refractivity contribution in [3.63, 3.8) is 0 Å². The van der Waals surface area contributed by atoms with E-state index in [1.807, 2.05) is 20.8 Å². The number of halogens is 4. The third-order valence-corrected chi connectivity index (χ3v) is 7.49. The Labute approximate surface area is 239 Å². The van der Waals surface area contributed by atoms with Gasteiger partial charge in [0.05, 0.1) is 36.5 Å². The van der Waals surface area contributed by atoms with Crippen molar-refractivity contribution in [3.8, 4) is 17.0 Å². The Morgan fingerprint density at radius 1 is 1.12 bits per heavy atom. The molecular weight excluding hydrogens is 558 g/mol. The third kappa shape index (κ3) is 5.07. The Balaban J connectivity index is 1.59. The molecule has 0 spiro atoms. The summed E-state index contributed by atoms with van der Waals surface area (Å²) in [7, 11) is 1.38. The monoisotopic (exact) mass is 587 g/mol. The number of amides is 2. The lowest BCUT2D eigenvalue weighted by Crippen LogP contribution is -2.48. The highest BCUT2D eigenvalue weighted by molar-refractivity contribution is 6.10. The number of nitrogens with zero attached hydrogens (tertiary/aromatic N) is 4. The topological polar surface area (TPSA) is 111 Å². The van der Waals surface area contributed by atoms with Crippen LogP contribution in [-0.2, 0) is 17.5 Å². The molecule has 1 aromatic carbocycles. The summed E-state index contributed by atoms with van der Waals surface area (Å²) in [5, 5.41) is 0. The molecule has 13 heteroatoms. The zero-order valence-electron chi connectivity index (χ0n) is 23.3. The standard InChI is InChI=1S/C29H29F4N5O4/c1-28(2,3)24-20(42-27(34)40)11-13-37(24)25-17(29(31,32)33)8-9-21(36-25)38-14-16-15(26(38)39)10-12-35-23(16)22-18(30)6-5-7-19(22)41-4/h5-10,12,20,24H,11,13-14H2,1-4H3,(H2,34,40)/t20-,24?/m1/s1. The molecule has 1 saturated heterocycles. The number of fused-ring (bicyclic) bond motifs is 1. The molecular formula is C29H29F4N5O4. The second-order valence-corrected chi connectivity index (χ2v) is 11.2. The fourth-order valence-corrected chi connectivity index (χ4v) is 5.86. The van der Waals surface area contributed by atoms with Gasteiger partial charge in [-0.15, -0.1) is 0 Å². The highest BCUT2D eigenvalue weighted by Gasteiger charge is 2.48. The van der Waals surface area contributed by atoms with Gasteiger partial charge in [-0.25, -0.2) is 14.2 Å². The van der Waals surface area contributed by atoms with Crippen molar-refractivity contribution in [2.45, 2.75) is 52.1 Å². The first-order valence-corrected chi connectivity index (χ1v) is 13.2. The summed E-state index contributed by atoms with van der Waals surface area (Å²) >= 11 is 0. The van der Waals surface area contributed by atoms with Gasteiger partial charge in [0.1, 0.15) is 29.3 Å². The number of benzene rings is 1. The molecule has 4 heterocycles. The number of alkyl halides is 3. The van der Waals surface area contributed by atoms with Crippen LogP contribution in [0.5, 0.6) is 5.75 Å². The van der Waals surface area contributed by atoms with Gasteiger partial charge in [-0.1, -0.05) is 26.8 Å². The van der Waals surface area contributed by atoms with Crippen LogP contribution < -0.4 is 20.3 Å². The molecule has 2 aliphatic heterocycles. The number of pyridine rings is 2. The van der Waals surface area contributed by atoms with E-state index in [4.69, 9.17) is 15.2 Å². The minimum atomic E-state index is -4.76. The van der Waals surface area contributed by atoms with Crippen LogP contribution in [0.25, 0.3) is 11.3 Å². The fourth-order valence-electron chi connectivity index (χ4n) is 5.86. The number of hydrogen-bond acceptors (Lipinski definition) is 7. The smallest absolute Gasteiger partial charge is 0.419 e. The van der Waals surface area contributed by atoms with Crippen molar-refractivity contribution in [1.82, 2.24) is 9.97 Å². The van der Waals surface area contributed by atoms with E-state index in [9.17, 15) is 27.2 Å². The van der Waals surface area contributed by atoms with Crippen LogP contribution in [0.4, 0.5) is 34.0 Å². The van der Waals surface area contributed by atoms with E-state index >= 15 is 0 Å². The van der Waals surface area contributed by atoms with Gasteiger partial charge in [-0.3, -0.25) is 14.7 Å². The predicted octanol–water partition coefficient (Wildman–Crippen LogP) is 5.56. The number of aromatic nitrogens is 2. The van der Waals surface area contributed by atoms with Crippen LogP contribution in [0.3, 0.4) is 0 Å². The Hall–Kier alpha value is -4.42. The van der Waals surface area contributed by atoms with E-state index in [0.29, 0.717) is 5.56 Å². The van der Waals surface area contributed by atoms with Crippen LogP contribution in [-0.4, -0.2) is 47.8 Å². The van der Waals surface area contributed by atoms with Crippen molar-refractivity contribution >= 4 is 23.6 Å². The first kappa shape index (κ1) is 29.1. The first-order valence-electron chi connectivity index (χ1n) is 13.2. The van der Waals surface area contributed by atoms with Gasteiger partial charge in [0.25, 0.3) is 5.91 Å². The number of primary amides is 1. The van der Waals surface area contributed by atoms with Gasteiger partial charge in [0.2, 0.25) is 0 Å². The summed E-state index contributed by atoms with van der Waals surface area (Å²) in [6, 6.07) is 7.09. The van der Waals surface area contributed by atoms with E-state index in [1.165, 1.54) is 41.3 Å². The highest BCUT2D eigenvalue weighted by Crippen LogP contribution is 2.44. The maximum absolute atomic E-state index is 15.0. The molecule has 5 rings (SSSR count). The van der Waals surface area contributed by atoms with Gasteiger partial charge in [0, 0.05) is 30.3 Å². The summed E-state index contributed by atoms with van der Waals surface area (Å²) in [4.78, 5) is 36.5. The van der Waals surface area contributed by atoms with Crippen molar-refractivity contribution in [3.05, 3.63) is 65.1 Å². The molecule has 2 amide bonds. The molecule has 42 heavy (non-hydrogen) atoms.